The predicted molar refractivity (Wildman–Crippen MR) is 78.3 cm³/mol. The van der Waals surface area contributed by atoms with Crippen molar-refractivity contribution in [1.29, 1.82) is 0 Å². The Balaban J connectivity index is 0.000000209. The third-order valence-electron chi connectivity index (χ3n) is 2.60. The molecule has 0 saturated carbocycles. The zero-order valence-electron chi connectivity index (χ0n) is 9.47. The van der Waals surface area contributed by atoms with Crippen LogP contribution < -0.4 is 5.50 Å². The van der Waals surface area contributed by atoms with Gasteiger partial charge in [0.15, 0.2) is 0 Å². The molecule has 1 aliphatic carbocycles. The Labute approximate surface area is 114 Å². The molecule has 98 valence electrons. The zero-order valence-corrected chi connectivity index (χ0v) is 12.0. The highest BCUT2D eigenvalue weighted by Crippen LogP contribution is 2.50. The maximum absolute atomic E-state index is 9.10. The van der Waals surface area contributed by atoms with E-state index in [0.717, 1.165) is 4.58 Å². The van der Waals surface area contributed by atoms with Crippen LogP contribution in [0.3, 0.4) is 0 Å². The van der Waals surface area contributed by atoms with E-state index in [1.165, 1.54) is 16.2 Å². The van der Waals surface area contributed by atoms with Crippen LogP contribution in [0.4, 0.5) is 0 Å². The molecule has 2 aliphatic rings. The molecule has 7 heteroatoms. The average molecular weight is 303 g/mol. The van der Waals surface area contributed by atoms with Crippen molar-refractivity contribution in [2.45, 2.75) is 10.5 Å². The third kappa shape index (κ3) is 3.88. The Morgan fingerprint density at radius 3 is 2.44 bits per heavy atom. The molecule has 0 radical (unpaired) electrons. The van der Waals surface area contributed by atoms with E-state index in [1.807, 2.05) is 0 Å². The highest BCUT2D eigenvalue weighted by molar-refractivity contribution is 8.32. The quantitative estimate of drug-likeness (QED) is 0.692. The van der Waals surface area contributed by atoms with Gasteiger partial charge < -0.3 is 9.79 Å². The fourth-order valence-corrected chi connectivity index (χ4v) is 3.93. The van der Waals surface area contributed by atoms with E-state index < -0.39 is 7.75 Å². The lowest BCUT2D eigenvalue weighted by molar-refractivity contribution is 0.374. The number of hydrogen-bond donors (Lipinski definition) is 3. The lowest BCUT2D eigenvalue weighted by atomic mass is 10.0. The van der Waals surface area contributed by atoms with E-state index in [2.05, 4.69) is 65.4 Å². The number of allylic oxidation sites excluding steroid dienone is 1. The largest absolute Gasteiger partial charge is 0.397 e. The molecule has 0 aromatic heterocycles. The molecule has 0 spiro atoms. The summed E-state index contributed by atoms with van der Waals surface area (Å²) in [5.74, 6) is 0.667. The fourth-order valence-electron chi connectivity index (χ4n) is 1.87. The third-order valence-corrected chi connectivity index (χ3v) is 5.74. The van der Waals surface area contributed by atoms with Gasteiger partial charge in [-0.2, -0.15) is 0 Å². The maximum atomic E-state index is 9.10. The molecule has 1 aromatic carbocycles. The summed E-state index contributed by atoms with van der Waals surface area (Å²) in [4.78, 5) is 14.8. The molecular formula is C11H14NO3PS2. The Morgan fingerprint density at radius 2 is 1.89 bits per heavy atom. The molecular weight excluding hydrogens is 289 g/mol. The van der Waals surface area contributed by atoms with E-state index in [0.29, 0.717) is 5.92 Å². The number of benzene rings is 1. The summed E-state index contributed by atoms with van der Waals surface area (Å²) in [5.41, 5.74) is 6.96. The van der Waals surface area contributed by atoms with Gasteiger partial charge in [0.1, 0.15) is 0 Å². The normalized spacial score (nSPS) is 21.8. The van der Waals surface area contributed by atoms with Gasteiger partial charge in [0.2, 0.25) is 0 Å². The van der Waals surface area contributed by atoms with Crippen molar-refractivity contribution in [3.63, 3.8) is 0 Å². The number of thioether (sulfide) groups is 2. The molecule has 3 rings (SSSR count). The first-order chi connectivity index (χ1) is 8.45. The second-order valence-corrected chi connectivity index (χ2v) is 8.02. The lowest BCUT2D eigenvalue weighted by Gasteiger charge is -2.29. The van der Waals surface area contributed by atoms with Gasteiger partial charge in [0.05, 0.1) is 4.58 Å². The minimum absolute atomic E-state index is 0.667. The summed E-state index contributed by atoms with van der Waals surface area (Å²) in [7, 11) is -4.14. The SMILES string of the molecule is C1=CC(C2SCS2)c2ccccc21.NP(=O)(O)O. The smallest absolute Gasteiger partial charge is 0.313 e. The van der Waals surface area contributed by atoms with Crippen LogP contribution >= 0.6 is 31.3 Å². The van der Waals surface area contributed by atoms with Gasteiger partial charge in [0, 0.05) is 11.0 Å². The summed E-state index contributed by atoms with van der Waals surface area (Å²) in [6.07, 6.45) is 4.62. The van der Waals surface area contributed by atoms with Gasteiger partial charge in [-0.05, 0) is 11.1 Å². The molecule has 4 nitrogen and oxygen atoms in total. The van der Waals surface area contributed by atoms with E-state index in [4.69, 9.17) is 14.4 Å². The van der Waals surface area contributed by atoms with Gasteiger partial charge in [0.25, 0.3) is 0 Å². The van der Waals surface area contributed by atoms with Gasteiger partial charge in [-0.3, -0.25) is 0 Å². The van der Waals surface area contributed by atoms with Crippen molar-refractivity contribution in [3.05, 3.63) is 41.5 Å². The van der Waals surface area contributed by atoms with Crippen molar-refractivity contribution < 1.29 is 14.4 Å². The number of nitrogens with two attached hydrogens (primary N) is 1. The van der Waals surface area contributed by atoms with Gasteiger partial charge in [-0.15, -0.1) is 23.5 Å². The highest BCUT2D eigenvalue weighted by Gasteiger charge is 2.31. The van der Waals surface area contributed by atoms with Crippen LogP contribution in [0.2, 0.25) is 0 Å². The van der Waals surface area contributed by atoms with E-state index >= 15 is 0 Å². The Bertz CT molecular complexity index is 491. The number of rotatable bonds is 1. The van der Waals surface area contributed by atoms with Gasteiger partial charge in [-0.1, -0.05) is 36.4 Å². The lowest BCUT2D eigenvalue weighted by Crippen LogP contribution is -2.15. The predicted octanol–water partition coefficient (Wildman–Crippen LogP) is 2.60. The molecule has 0 bridgehead atoms. The molecule has 4 N–H and O–H groups in total. The number of hydrogen-bond acceptors (Lipinski definition) is 3. The second kappa shape index (κ2) is 5.82. The second-order valence-electron chi connectivity index (χ2n) is 3.92. The summed E-state index contributed by atoms with van der Waals surface area (Å²) in [6.45, 7) is 0. The van der Waals surface area contributed by atoms with Gasteiger partial charge >= 0.3 is 7.75 Å². The van der Waals surface area contributed by atoms with Crippen LogP contribution in [0, 0.1) is 0 Å². The van der Waals surface area contributed by atoms with Crippen molar-refractivity contribution in [3.8, 4) is 0 Å². The van der Waals surface area contributed by atoms with Crippen molar-refractivity contribution in [2.24, 2.45) is 5.50 Å². The maximum Gasteiger partial charge on any atom is 0.397 e. The molecule has 1 aromatic rings. The minimum atomic E-state index is -4.14. The topological polar surface area (TPSA) is 83.6 Å². The summed E-state index contributed by atoms with van der Waals surface area (Å²) in [5, 5.41) is 1.27. The van der Waals surface area contributed by atoms with E-state index in [9.17, 15) is 0 Å². The first-order valence-corrected chi connectivity index (χ1v) is 9.07. The molecule has 1 unspecified atom stereocenters. The van der Waals surface area contributed by atoms with Crippen LogP contribution in [-0.2, 0) is 4.57 Å². The summed E-state index contributed by atoms with van der Waals surface area (Å²) in [6, 6.07) is 8.73. The molecule has 1 atom stereocenters. The molecule has 18 heavy (non-hydrogen) atoms. The van der Waals surface area contributed by atoms with E-state index in [1.54, 1.807) is 0 Å². The average Bonchev–Trinajstić information content (AvgIpc) is 2.57. The summed E-state index contributed by atoms with van der Waals surface area (Å²) >= 11 is 4.16. The highest BCUT2D eigenvalue weighted by atomic mass is 32.3. The van der Waals surface area contributed by atoms with Gasteiger partial charge in [-0.25, -0.2) is 10.1 Å². The van der Waals surface area contributed by atoms with Crippen LogP contribution in [-0.4, -0.2) is 19.5 Å². The van der Waals surface area contributed by atoms with Crippen molar-refractivity contribution in [1.82, 2.24) is 0 Å². The zero-order chi connectivity index (χ0) is 13.2. The Kier molecular flexibility index (Phi) is 4.59. The molecule has 1 fully saturated rings. The standard InChI is InChI=1S/C11H10S2.H4NO3P/c1-2-4-9-8(3-1)5-6-10(9)11-12-7-13-11;1-5(2,3)4/h1-6,10-11H,7H2;(H4,1,2,3,4). The molecule has 1 aliphatic heterocycles. The Morgan fingerprint density at radius 1 is 1.28 bits per heavy atom. The first kappa shape index (κ1) is 14.2. The van der Waals surface area contributed by atoms with Crippen LogP contribution in [0.1, 0.15) is 17.0 Å². The first-order valence-electron chi connectivity index (χ1n) is 5.29. The van der Waals surface area contributed by atoms with E-state index in [-0.39, 0.29) is 0 Å². The van der Waals surface area contributed by atoms with Crippen LogP contribution in [0.5, 0.6) is 0 Å². The Hall–Kier alpha value is -0.230. The van der Waals surface area contributed by atoms with Crippen molar-refractivity contribution in [2.75, 3.05) is 5.08 Å². The molecule has 0 amide bonds. The minimum Gasteiger partial charge on any atom is -0.313 e. The van der Waals surface area contributed by atoms with Crippen LogP contribution in [0.15, 0.2) is 30.3 Å². The fraction of sp³-hybridized carbons (Fsp3) is 0.273. The number of fused-ring (bicyclic) bond motifs is 1. The summed E-state index contributed by atoms with van der Waals surface area (Å²) < 4.78 is 9.88. The molecule has 1 heterocycles. The van der Waals surface area contributed by atoms with Crippen LogP contribution in [0.25, 0.3) is 6.08 Å². The monoisotopic (exact) mass is 303 g/mol. The van der Waals surface area contributed by atoms with Crippen molar-refractivity contribution >= 4 is 37.3 Å². The molecule has 1 saturated heterocycles.